The maximum absolute atomic E-state index is 10.6. The van der Waals surface area contributed by atoms with Crippen LogP contribution in [-0.4, -0.2) is 5.91 Å². The van der Waals surface area contributed by atoms with Gasteiger partial charge in [-0.05, 0) is 19.3 Å². The second-order valence-corrected chi connectivity index (χ2v) is 3.01. The summed E-state index contributed by atoms with van der Waals surface area (Å²) in [7, 11) is 0. The molecule has 0 aromatic heterocycles. The van der Waals surface area contributed by atoms with Crippen molar-refractivity contribution < 1.29 is 4.79 Å². The minimum absolute atomic E-state index is 0.0162. The molecule has 1 atom stereocenters. The van der Waals surface area contributed by atoms with Gasteiger partial charge in [0.1, 0.15) is 0 Å². The van der Waals surface area contributed by atoms with E-state index in [-0.39, 0.29) is 11.8 Å². The van der Waals surface area contributed by atoms with E-state index in [1.165, 1.54) is 0 Å². The second-order valence-electron chi connectivity index (χ2n) is 2.52. The van der Waals surface area contributed by atoms with Crippen LogP contribution in [0, 0.1) is 5.92 Å². The minimum atomic E-state index is -0.208. The Morgan fingerprint density at radius 1 is 1.80 bits per heavy atom. The molecule has 1 amide bonds. The summed E-state index contributed by atoms with van der Waals surface area (Å²) in [5.41, 5.74) is 5.10. The number of halogens is 1. The number of allylic oxidation sites excluding steroid dienone is 2. The average Bonchev–Trinajstić information content (AvgIpc) is 1.88. The molecule has 0 fully saturated rings. The standard InChI is InChI=1S/C7H10ClNO/c8-6-3-1-5(2-4-6)7(9)10/h3,5H,1-2,4H2,(H2,9,10). The largest absolute Gasteiger partial charge is 0.369 e. The van der Waals surface area contributed by atoms with Gasteiger partial charge in [-0.3, -0.25) is 4.79 Å². The first-order valence-corrected chi connectivity index (χ1v) is 3.72. The van der Waals surface area contributed by atoms with Gasteiger partial charge in [-0.2, -0.15) is 0 Å². The average molecular weight is 160 g/mol. The van der Waals surface area contributed by atoms with Crippen molar-refractivity contribution in [3.8, 4) is 0 Å². The van der Waals surface area contributed by atoms with Gasteiger partial charge >= 0.3 is 0 Å². The normalized spacial score (nSPS) is 25.7. The Bertz CT molecular complexity index is 176. The van der Waals surface area contributed by atoms with Gasteiger partial charge in [0.2, 0.25) is 5.91 Å². The molecule has 0 saturated heterocycles. The molecular weight excluding hydrogens is 150 g/mol. The molecule has 0 aliphatic heterocycles. The predicted molar refractivity (Wildman–Crippen MR) is 40.5 cm³/mol. The molecule has 2 N–H and O–H groups in total. The zero-order valence-corrected chi connectivity index (χ0v) is 6.40. The van der Waals surface area contributed by atoms with Crippen molar-refractivity contribution in [2.75, 3.05) is 0 Å². The maximum atomic E-state index is 10.6. The Morgan fingerprint density at radius 3 is 2.90 bits per heavy atom. The molecule has 0 bridgehead atoms. The van der Waals surface area contributed by atoms with E-state index in [9.17, 15) is 4.79 Å². The Labute approximate surface area is 65.0 Å². The minimum Gasteiger partial charge on any atom is -0.369 e. The Hall–Kier alpha value is -0.500. The lowest BCUT2D eigenvalue weighted by Crippen LogP contribution is -2.24. The molecule has 0 aromatic carbocycles. The molecule has 2 nitrogen and oxygen atoms in total. The molecule has 1 aliphatic rings. The van der Waals surface area contributed by atoms with Crippen LogP contribution in [0.1, 0.15) is 19.3 Å². The number of carbonyl (C=O) groups is 1. The SMILES string of the molecule is NC(=O)C1CC=C(Cl)CC1. The molecule has 0 radical (unpaired) electrons. The van der Waals surface area contributed by atoms with Crippen LogP contribution in [0.15, 0.2) is 11.1 Å². The number of hydrogen-bond donors (Lipinski definition) is 1. The highest BCUT2D eigenvalue weighted by molar-refractivity contribution is 6.29. The van der Waals surface area contributed by atoms with Crippen LogP contribution >= 0.6 is 11.6 Å². The highest BCUT2D eigenvalue weighted by Crippen LogP contribution is 2.24. The number of carbonyl (C=O) groups excluding carboxylic acids is 1. The molecule has 0 heterocycles. The van der Waals surface area contributed by atoms with Crippen LogP contribution in [0.4, 0.5) is 0 Å². The van der Waals surface area contributed by atoms with E-state index in [4.69, 9.17) is 17.3 Å². The fourth-order valence-electron chi connectivity index (χ4n) is 1.06. The van der Waals surface area contributed by atoms with Gasteiger partial charge in [-0.15, -0.1) is 0 Å². The van der Waals surface area contributed by atoms with Crippen molar-refractivity contribution >= 4 is 17.5 Å². The van der Waals surface area contributed by atoms with Crippen LogP contribution < -0.4 is 5.73 Å². The van der Waals surface area contributed by atoms with E-state index in [1.54, 1.807) is 0 Å². The van der Waals surface area contributed by atoms with E-state index in [1.807, 2.05) is 6.08 Å². The number of nitrogens with two attached hydrogens (primary N) is 1. The molecular formula is C7H10ClNO. The summed E-state index contributed by atoms with van der Waals surface area (Å²) >= 11 is 5.70. The lowest BCUT2D eigenvalue weighted by molar-refractivity contribution is -0.121. The Kier molecular flexibility index (Phi) is 2.33. The summed E-state index contributed by atoms with van der Waals surface area (Å²) in [4.78, 5) is 10.6. The highest BCUT2D eigenvalue weighted by atomic mass is 35.5. The summed E-state index contributed by atoms with van der Waals surface area (Å²) in [6.07, 6.45) is 4.20. The van der Waals surface area contributed by atoms with Crippen LogP contribution in [0.5, 0.6) is 0 Å². The highest BCUT2D eigenvalue weighted by Gasteiger charge is 2.17. The molecule has 0 saturated carbocycles. The zero-order chi connectivity index (χ0) is 7.56. The van der Waals surface area contributed by atoms with Crippen LogP contribution in [0.25, 0.3) is 0 Å². The van der Waals surface area contributed by atoms with Crippen LogP contribution in [0.3, 0.4) is 0 Å². The molecule has 0 aromatic rings. The fraction of sp³-hybridized carbons (Fsp3) is 0.571. The molecule has 1 aliphatic carbocycles. The predicted octanol–water partition coefficient (Wildman–Crippen LogP) is 1.39. The maximum Gasteiger partial charge on any atom is 0.220 e. The van der Waals surface area contributed by atoms with Gasteiger partial charge in [-0.1, -0.05) is 17.7 Å². The van der Waals surface area contributed by atoms with Gasteiger partial charge in [-0.25, -0.2) is 0 Å². The topological polar surface area (TPSA) is 43.1 Å². The van der Waals surface area contributed by atoms with E-state index in [2.05, 4.69) is 0 Å². The second kappa shape index (κ2) is 3.06. The summed E-state index contributed by atoms with van der Waals surface area (Å²) in [6, 6.07) is 0. The smallest absolute Gasteiger partial charge is 0.220 e. The Morgan fingerprint density at radius 2 is 2.50 bits per heavy atom. The summed E-state index contributed by atoms with van der Waals surface area (Å²) < 4.78 is 0. The van der Waals surface area contributed by atoms with Crippen LogP contribution in [0.2, 0.25) is 0 Å². The number of primary amides is 1. The number of hydrogen-bond acceptors (Lipinski definition) is 1. The first kappa shape index (κ1) is 7.61. The van der Waals surface area contributed by atoms with Gasteiger partial charge in [0.15, 0.2) is 0 Å². The van der Waals surface area contributed by atoms with Gasteiger partial charge in [0.25, 0.3) is 0 Å². The molecule has 1 rings (SSSR count). The third-order valence-corrected chi connectivity index (χ3v) is 2.10. The van der Waals surface area contributed by atoms with Crippen molar-refractivity contribution in [2.24, 2.45) is 11.7 Å². The fourth-order valence-corrected chi connectivity index (χ4v) is 1.26. The monoisotopic (exact) mass is 159 g/mol. The van der Waals surface area contributed by atoms with Crippen LogP contribution in [-0.2, 0) is 4.79 Å². The lowest BCUT2D eigenvalue weighted by atomic mass is 9.94. The quantitative estimate of drug-likeness (QED) is 0.618. The summed E-state index contributed by atoms with van der Waals surface area (Å²) in [5, 5.41) is 0.859. The third kappa shape index (κ3) is 1.74. The van der Waals surface area contributed by atoms with Gasteiger partial charge in [0, 0.05) is 11.0 Å². The lowest BCUT2D eigenvalue weighted by Gasteiger charge is -2.15. The molecule has 1 unspecified atom stereocenters. The summed E-state index contributed by atoms with van der Waals surface area (Å²) in [6.45, 7) is 0. The molecule has 3 heteroatoms. The number of amides is 1. The van der Waals surface area contributed by atoms with Crippen molar-refractivity contribution in [1.82, 2.24) is 0 Å². The number of rotatable bonds is 1. The van der Waals surface area contributed by atoms with Crippen molar-refractivity contribution in [3.63, 3.8) is 0 Å². The zero-order valence-electron chi connectivity index (χ0n) is 5.64. The van der Waals surface area contributed by atoms with Crippen molar-refractivity contribution in [1.29, 1.82) is 0 Å². The molecule has 10 heavy (non-hydrogen) atoms. The Balaban J connectivity index is 2.50. The van der Waals surface area contributed by atoms with E-state index in [0.29, 0.717) is 6.42 Å². The molecule has 56 valence electrons. The van der Waals surface area contributed by atoms with Gasteiger partial charge < -0.3 is 5.73 Å². The summed E-state index contributed by atoms with van der Waals surface area (Å²) in [5.74, 6) is -0.192. The van der Waals surface area contributed by atoms with Crippen molar-refractivity contribution in [2.45, 2.75) is 19.3 Å². The van der Waals surface area contributed by atoms with E-state index >= 15 is 0 Å². The van der Waals surface area contributed by atoms with E-state index in [0.717, 1.165) is 17.9 Å². The third-order valence-electron chi connectivity index (χ3n) is 1.76. The molecule has 0 spiro atoms. The van der Waals surface area contributed by atoms with Crippen molar-refractivity contribution in [3.05, 3.63) is 11.1 Å². The first-order chi connectivity index (χ1) is 4.70. The van der Waals surface area contributed by atoms with Gasteiger partial charge in [0.05, 0.1) is 0 Å². The van der Waals surface area contributed by atoms with E-state index < -0.39 is 0 Å². The first-order valence-electron chi connectivity index (χ1n) is 3.34.